The van der Waals surface area contributed by atoms with Crippen molar-refractivity contribution in [2.24, 2.45) is 5.92 Å². The zero-order valence-electron chi connectivity index (χ0n) is 9.20. The number of carbonyl (C=O) groups is 1. The first-order valence-electron chi connectivity index (χ1n) is 5.43. The second-order valence-corrected chi connectivity index (χ2v) is 4.24. The lowest BCUT2D eigenvalue weighted by Crippen LogP contribution is -2.25. The van der Waals surface area contributed by atoms with Crippen molar-refractivity contribution in [3.8, 4) is 0 Å². The van der Waals surface area contributed by atoms with Crippen molar-refractivity contribution in [3.05, 3.63) is 35.4 Å². The molecule has 0 aliphatic carbocycles. The van der Waals surface area contributed by atoms with Crippen molar-refractivity contribution in [1.82, 2.24) is 4.90 Å². The van der Waals surface area contributed by atoms with Gasteiger partial charge in [-0.25, -0.2) is 8.78 Å². The molecule has 92 valence electrons. The van der Waals surface area contributed by atoms with Gasteiger partial charge in [-0.2, -0.15) is 0 Å². The molecule has 1 atom stereocenters. The van der Waals surface area contributed by atoms with Crippen LogP contribution in [-0.4, -0.2) is 29.1 Å². The Morgan fingerprint density at radius 2 is 2.18 bits per heavy atom. The molecule has 17 heavy (non-hydrogen) atoms. The molecule has 2 rings (SSSR count). The van der Waals surface area contributed by atoms with Crippen LogP contribution in [0.25, 0.3) is 0 Å². The molecule has 1 heterocycles. The van der Waals surface area contributed by atoms with Crippen molar-refractivity contribution in [3.63, 3.8) is 0 Å². The van der Waals surface area contributed by atoms with E-state index in [0.717, 1.165) is 6.07 Å². The number of hydrogen-bond acceptors (Lipinski definition) is 2. The molecule has 1 fully saturated rings. The SMILES string of the molecule is O=C1CC(CO)CN1Cc1cccc(F)c1F. The van der Waals surface area contributed by atoms with Crippen LogP contribution in [0.2, 0.25) is 0 Å². The Hall–Kier alpha value is -1.49. The summed E-state index contributed by atoms with van der Waals surface area (Å²) in [6.45, 7) is 0.387. The van der Waals surface area contributed by atoms with Crippen molar-refractivity contribution < 1.29 is 18.7 Å². The summed E-state index contributed by atoms with van der Waals surface area (Å²) >= 11 is 0. The first kappa shape index (κ1) is 12.0. The van der Waals surface area contributed by atoms with Crippen LogP contribution in [0.15, 0.2) is 18.2 Å². The number of amides is 1. The molecule has 0 radical (unpaired) electrons. The first-order valence-corrected chi connectivity index (χ1v) is 5.43. The highest BCUT2D eigenvalue weighted by Gasteiger charge is 2.29. The van der Waals surface area contributed by atoms with Crippen LogP contribution >= 0.6 is 0 Å². The second-order valence-electron chi connectivity index (χ2n) is 4.24. The number of aliphatic hydroxyl groups is 1. The smallest absolute Gasteiger partial charge is 0.223 e. The molecular weight excluding hydrogens is 228 g/mol. The maximum atomic E-state index is 13.4. The van der Waals surface area contributed by atoms with E-state index in [1.54, 1.807) is 0 Å². The average molecular weight is 241 g/mol. The van der Waals surface area contributed by atoms with Gasteiger partial charge in [0.1, 0.15) is 0 Å². The first-order chi connectivity index (χ1) is 8.11. The van der Waals surface area contributed by atoms with E-state index in [4.69, 9.17) is 5.11 Å². The minimum Gasteiger partial charge on any atom is -0.396 e. The van der Waals surface area contributed by atoms with Gasteiger partial charge < -0.3 is 10.0 Å². The number of aliphatic hydroxyl groups excluding tert-OH is 1. The van der Waals surface area contributed by atoms with Crippen molar-refractivity contribution in [2.45, 2.75) is 13.0 Å². The van der Waals surface area contributed by atoms with Crippen LogP contribution in [0.1, 0.15) is 12.0 Å². The van der Waals surface area contributed by atoms with Crippen LogP contribution in [0.5, 0.6) is 0 Å². The van der Waals surface area contributed by atoms with E-state index < -0.39 is 11.6 Å². The van der Waals surface area contributed by atoms with Crippen LogP contribution in [0.4, 0.5) is 8.78 Å². The summed E-state index contributed by atoms with van der Waals surface area (Å²) in [7, 11) is 0. The molecule has 0 saturated carbocycles. The number of benzene rings is 1. The number of carbonyl (C=O) groups excluding carboxylic acids is 1. The number of likely N-dealkylation sites (tertiary alicyclic amines) is 1. The molecule has 1 N–H and O–H groups in total. The van der Waals surface area contributed by atoms with Gasteiger partial charge in [0.25, 0.3) is 0 Å². The third-order valence-corrected chi connectivity index (χ3v) is 2.95. The van der Waals surface area contributed by atoms with Gasteiger partial charge in [-0.15, -0.1) is 0 Å². The van der Waals surface area contributed by atoms with Gasteiger partial charge in [0.15, 0.2) is 11.6 Å². The Labute approximate surface area is 97.7 Å². The topological polar surface area (TPSA) is 40.5 Å². The molecule has 1 unspecified atom stereocenters. The molecule has 1 aliphatic heterocycles. The van der Waals surface area contributed by atoms with Crippen molar-refractivity contribution >= 4 is 5.91 Å². The van der Waals surface area contributed by atoms with Crippen LogP contribution in [0.3, 0.4) is 0 Å². The normalized spacial score (nSPS) is 20.1. The Bertz CT molecular complexity index is 437. The van der Waals surface area contributed by atoms with E-state index in [2.05, 4.69) is 0 Å². The van der Waals surface area contributed by atoms with Crippen LogP contribution < -0.4 is 0 Å². The molecular formula is C12H13F2NO2. The summed E-state index contributed by atoms with van der Waals surface area (Å²) in [4.78, 5) is 13.0. The summed E-state index contributed by atoms with van der Waals surface area (Å²) in [6.07, 6.45) is 0.271. The van der Waals surface area contributed by atoms with E-state index in [9.17, 15) is 13.6 Å². The third kappa shape index (κ3) is 2.44. The Balaban J connectivity index is 2.11. The zero-order valence-corrected chi connectivity index (χ0v) is 9.20. The monoisotopic (exact) mass is 241 g/mol. The summed E-state index contributed by atoms with van der Waals surface area (Å²) in [6, 6.07) is 3.91. The highest BCUT2D eigenvalue weighted by atomic mass is 19.2. The van der Waals surface area contributed by atoms with E-state index in [1.807, 2.05) is 0 Å². The fourth-order valence-corrected chi connectivity index (χ4v) is 2.01. The highest BCUT2D eigenvalue weighted by molar-refractivity contribution is 5.78. The largest absolute Gasteiger partial charge is 0.396 e. The van der Waals surface area contributed by atoms with Gasteiger partial charge in [-0.05, 0) is 6.07 Å². The minimum absolute atomic E-state index is 0.0545. The summed E-state index contributed by atoms with van der Waals surface area (Å²) in [5.74, 6) is -2.05. The van der Waals surface area contributed by atoms with Gasteiger partial charge in [0.05, 0.1) is 0 Å². The maximum Gasteiger partial charge on any atom is 0.223 e. The predicted molar refractivity (Wildman–Crippen MR) is 57.0 cm³/mol. The molecule has 3 nitrogen and oxygen atoms in total. The third-order valence-electron chi connectivity index (χ3n) is 2.95. The standard InChI is InChI=1S/C12H13F2NO2/c13-10-3-1-2-9(12(10)14)6-15-5-8(7-16)4-11(15)17/h1-3,8,16H,4-7H2. The lowest BCUT2D eigenvalue weighted by atomic mass is 10.1. The molecule has 1 aromatic rings. The second kappa shape index (κ2) is 4.79. The predicted octanol–water partition coefficient (Wildman–Crippen LogP) is 1.31. The fraction of sp³-hybridized carbons (Fsp3) is 0.417. The van der Waals surface area contributed by atoms with Crippen LogP contribution in [0, 0.1) is 17.6 Å². The van der Waals surface area contributed by atoms with E-state index in [-0.39, 0.29) is 37.0 Å². The van der Waals surface area contributed by atoms with Gasteiger partial charge >= 0.3 is 0 Å². The lowest BCUT2D eigenvalue weighted by molar-refractivity contribution is -0.128. The van der Waals surface area contributed by atoms with E-state index in [1.165, 1.54) is 17.0 Å². The van der Waals surface area contributed by atoms with E-state index >= 15 is 0 Å². The maximum absolute atomic E-state index is 13.4. The minimum atomic E-state index is -0.909. The summed E-state index contributed by atoms with van der Waals surface area (Å²) < 4.78 is 26.4. The molecule has 0 aromatic heterocycles. The van der Waals surface area contributed by atoms with Gasteiger partial charge in [0.2, 0.25) is 5.91 Å². The Morgan fingerprint density at radius 3 is 2.82 bits per heavy atom. The molecule has 1 aliphatic rings. The van der Waals surface area contributed by atoms with Crippen LogP contribution in [-0.2, 0) is 11.3 Å². The average Bonchev–Trinajstić information content (AvgIpc) is 2.66. The molecule has 1 saturated heterocycles. The lowest BCUT2D eigenvalue weighted by Gasteiger charge is -2.16. The molecule has 1 aromatic carbocycles. The number of halogens is 2. The quantitative estimate of drug-likeness (QED) is 0.866. The molecule has 5 heteroatoms. The summed E-state index contributed by atoms with van der Waals surface area (Å²) in [5, 5.41) is 8.95. The molecule has 1 amide bonds. The molecule has 0 spiro atoms. The number of nitrogens with zero attached hydrogens (tertiary/aromatic N) is 1. The van der Waals surface area contributed by atoms with Gasteiger partial charge in [0, 0.05) is 37.6 Å². The highest BCUT2D eigenvalue weighted by Crippen LogP contribution is 2.21. The van der Waals surface area contributed by atoms with Crippen molar-refractivity contribution in [1.29, 1.82) is 0 Å². The fourth-order valence-electron chi connectivity index (χ4n) is 2.01. The van der Waals surface area contributed by atoms with Gasteiger partial charge in [-0.3, -0.25) is 4.79 Å². The van der Waals surface area contributed by atoms with Crippen molar-refractivity contribution in [2.75, 3.05) is 13.2 Å². The van der Waals surface area contributed by atoms with E-state index in [0.29, 0.717) is 6.54 Å². The summed E-state index contributed by atoms with van der Waals surface area (Å²) in [5.41, 5.74) is 0.164. The number of rotatable bonds is 3. The Morgan fingerprint density at radius 1 is 1.41 bits per heavy atom. The molecule has 0 bridgehead atoms. The van der Waals surface area contributed by atoms with Gasteiger partial charge in [-0.1, -0.05) is 12.1 Å². The zero-order chi connectivity index (χ0) is 12.4. The Kier molecular flexibility index (Phi) is 3.38. The number of hydrogen-bond donors (Lipinski definition) is 1.